The predicted octanol–water partition coefficient (Wildman–Crippen LogP) is 3.93. The van der Waals surface area contributed by atoms with Crippen molar-refractivity contribution in [2.24, 2.45) is 5.92 Å². The second-order valence-electron chi connectivity index (χ2n) is 7.71. The summed E-state index contributed by atoms with van der Waals surface area (Å²) in [5.74, 6) is 0.369. The van der Waals surface area contributed by atoms with Crippen molar-refractivity contribution in [1.82, 2.24) is 15.2 Å². The van der Waals surface area contributed by atoms with Crippen molar-refractivity contribution in [1.29, 1.82) is 0 Å². The number of benzene rings is 1. The summed E-state index contributed by atoms with van der Waals surface area (Å²) >= 11 is 0. The molecule has 154 valence electrons. The lowest BCUT2D eigenvalue weighted by molar-refractivity contribution is -0.137. The highest BCUT2D eigenvalue weighted by atomic mass is 19.4. The van der Waals surface area contributed by atoms with E-state index in [1.807, 2.05) is 18.3 Å². The number of amides is 2. The Hall–Kier alpha value is -2.61. The maximum atomic E-state index is 12.9. The molecule has 3 aliphatic heterocycles. The molecule has 0 saturated carbocycles. The summed E-state index contributed by atoms with van der Waals surface area (Å²) < 4.78 is 38.7. The highest BCUT2D eigenvalue weighted by Gasteiger charge is 2.42. The number of hydrogen-bond donors (Lipinski definition) is 2. The van der Waals surface area contributed by atoms with Crippen LogP contribution in [0.15, 0.2) is 48.8 Å². The van der Waals surface area contributed by atoms with E-state index in [-0.39, 0.29) is 17.8 Å². The highest BCUT2D eigenvalue weighted by molar-refractivity contribution is 5.89. The van der Waals surface area contributed by atoms with E-state index in [1.165, 1.54) is 12.1 Å². The summed E-state index contributed by atoms with van der Waals surface area (Å²) in [6.07, 6.45) is 1.92. The molecule has 2 atom stereocenters. The van der Waals surface area contributed by atoms with Gasteiger partial charge in [0.05, 0.1) is 5.56 Å². The number of hydrogen-bond acceptors (Lipinski definition) is 3. The minimum atomic E-state index is -4.45. The van der Waals surface area contributed by atoms with E-state index in [4.69, 9.17) is 0 Å². The Morgan fingerprint density at radius 2 is 1.97 bits per heavy atom. The Kier molecular flexibility index (Phi) is 5.45. The average molecular weight is 404 g/mol. The van der Waals surface area contributed by atoms with Crippen LogP contribution in [0.2, 0.25) is 0 Å². The molecule has 4 heterocycles. The largest absolute Gasteiger partial charge is 0.416 e. The molecule has 0 aliphatic carbocycles. The van der Waals surface area contributed by atoms with Crippen LogP contribution < -0.4 is 10.6 Å². The summed E-state index contributed by atoms with van der Waals surface area (Å²) in [5.41, 5.74) is 0.449. The van der Waals surface area contributed by atoms with E-state index in [0.29, 0.717) is 5.92 Å². The van der Waals surface area contributed by atoms with Crippen molar-refractivity contribution < 1.29 is 18.0 Å². The standard InChI is InChI=1S/C21H23F3N4O/c22-21(23,24)16-4-1-5-17(12-16)26-20(29)27-19-15-6-9-28(10-7-15)18(19)11-14-3-2-8-25-13-14/h1-5,8,12-13,15,18-19H,6-7,9-11H2,(H2,26,27,29)/t18-,19-/m1/s1. The number of fused-ring (bicyclic) bond motifs is 3. The van der Waals surface area contributed by atoms with Gasteiger partial charge in [0, 0.05) is 30.2 Å². The molecule has 3 aliphatic rings. The molecule has 5 rings (SSSR count). The summed E-state index contributed by atoms with van der Waals surface area (Å²) in [5, 5.41) is 5.60. The van der Waals surface area contributed by atoms with Crippen molar-refractivity contribution in [3.63, 3.8) is 0 Å². The van der Waals surface area contributed by atoms with Gasteiger partial charge in [-0.2, -0.15) is 13.2 Å². The molecule has 2 bridgehead atoms. The fraction of sp³-hybridized carbons (Fsp3) is 0.429. The molecule has 8 heteroatoms. The number of carbonyl (C=O) groups excluding carboxylic acids is 1. The molecule has 1 aromatic heterocycles. The Morgan fingerprint density at radius 1 is 1.17 bits per heavy atom. The van der Waals surface area contributed by atoms with Crippen LogP contribution in [0.1, 0.15) is 24.0 Å². The fourth-order valence-corrected chi connectivity index (χ4v) is 4.47. The first-order chi connectivity index (χ1) is 13.9. The lowest BCUT2D eigenvalue weighted by Crippen LogP contribution is -2.64. The molecule has 3 saturated heterocycles. The van der Waals surface area contributed by atoms with Gasteiger partial charge in [-0.3, -0.25) is 9.88 Å². The molecule has 0 spiro atoms. The van der Waals surface area contributed by atoms with Crippen LogP contribution in [0, 0.1) is 5.92 Å². The van der Waals surface area contributed by atoms with Gasteiger partial charge in [-0.25, -0.2) is 4.79 Å². The number of rotatable bonds is 4. The zero-order chi connectivity index (χ0) is 20.4. The van der Waals surface area contributed by atoms with Gasteiger partial charge in [0.2, 0.25) is 0 Å². The first-order valence-electron chi connectivity index (χ1n) is 9.78. The second kappa shape index (κ2) is 8.02. The van der Waals surface area contributed by atoms with Gasteiger partial charge in [-0.1, -0.05) is 12.1 Å². The maximum absolute atomic E-state index is 12.9. The summed E-state index contributed by atoms with van der Waals surface area (Å²) in [6, 6.07) is 8.23. The van der Waals surface area contributed by atoms with Crippen LogP contribution in [-0.4, -0.2) is 41.1 Å². The lowest BCUT2D eigenvalue weighted by atomic mass is 9.77. The van der Waals surface area contributed by atoms with Gasteiger partial charge in [0.1, 0.15) is 0 Å². The van der Waals surface area contributed by atoms with E-state index in [9.17, 15) is 18.0 Å². The minimum absolute atomic E-state index is 0.0523. The van der Waals surface area contributed by atoms with Gasteiger partial charge in [-0.15, -0.1) is 0 Å². The Morgan fingerprint density at radius 3 is 2.66 bits per heavy atom. The summed E-state index contributed by atoms with van der Waals surface area (Å²) in [4.78, 5) is 19.1. The van der Waals surface area contributed by atoms with Crippen LogP contribution >= 0.6 is 0 Å². The maximum Gasteiger partial charge on any atom is 0.416 e. The van der Waals surface area contributed by atoms with E-state index >= 15 is 0 Å². The molecule has 29 heavy (non-hydrogen) atoms. The molecule has 0 radical (unpaired) electrons. The van der Waals surface area contributed by atoms with Crippen LogP contribution in [0.4, 0.5) is 23.7 Å². The number of carbonyl (C=O) groups is 1. The normalized spacial score (nSPS) is 26.2. The third-order valence-electron chi connectivity index (χ3n) is 5.88. The highest BCUT2D eigenvalue weighted by Crippen LogP contribution is 2.34. The number of aromatic nitrogens is 1. The monoisotopic (exact) mass is 404 g/mol. The van der Waals surface area contributed by atoms with Crippen molar-refractivity contribution in [2.45, 2.75) is 37.5 Å². The second-order valence-corrected chi connectivity index (χ2v) is 7.71. The number of pyridine rings is 1. The van der Waals surface area contributed by atoms with E-state index in [0.717, 1.165) is 50.0 Å². The molecule has 2 N–H and O–H groups in total. The van der Waals surface area contributed by atoms with E-state index in [1.54, 1.807) is 6.20 Å². The summed E-state index contributed by atoms with van der Waals surface area (Å²) in [6.45, 7) is 2.01. The Labute approximate surface area is 167 Å². The Balaban J connectivity index is 1.46. The molecule has 0 unspecified atom stereocenters. The van der Waals surface area contributed by atoms with Crippen molar-refractivity contribution in [2.75, 3.05) is 18.4 Å². The molecule has 3 fully saturated rings. The zero-order valence-electron chi connectivity index (χ0n) is 15.8. The van der Waals surface area contributed by atoms with Crippen LogP contribution in [0.5, 0.6) is 0 Å². The molecular formula is C21H23F3N4O. The molecule has 2 aromatic rings. The first-order valence-corrected chi connectivity index (χ1v) is 9.78. The summed E-state index contributed by atoms with van der Waals surface area (Å²) in [7, 11) is 0. The quantitative estimate of drug-likeness (QED) is 0.812. The van der Waals surface area contributed by atoms with Gasteiger partial charge >= 0.3 is 12.2 Å². The molecule has 5 nitrogen and oxygen atoms in total. The topological polar surface area (TPSA) is 57.3 Å². The molecule has 1 aromatic carbocycles. The molecular weight excluding hydrogens is 381 g/mol. The average Bonchev–Trinajstić information content (AvgIpc) is 2.71. The molecule has 2 amide bonds. The Bertz CT molecular complexity index is 851. The lowest BCUT2D eigenvalue weighted by Gasteiger charge is -2.51. The van der Waals surface area contributed by atoms with E-state index in [2.05, 4.69) is 20.5 Å². The number of piperidine rings is 3. The number of nitrogens with zero attached hydrogens (tertiary/aromatic N) is 2. The van der Waals surface area contributed by atoms with Gasteiger partial charge in [0.15, 0.2) is 0 Å². The van der Waals surface area contributed by atoms with Crippen LogP contribution in [0.25, 0.3) is 0 Å². The van der Waals surface area contributed by atoms with Crippen molar-refractivity contribution in [3.05, 3.63) is 59.9 Å². The third kappa shape index (κ3) is 4.53. The SMILES string of the molecule is O=C(Nc1cccc(C(F)(F)F)c1)N[C@@H]1C2CCN(CC2)[C@@H]1Cc1cccnc1. The van der Waals surface area contributed by atoms with Crippen molar-refractivity contribution >= 4 is 11.7 Å². The first kappa shape index (κ1) is 19.7. The van der Waals surface area contributed by atoms with Gasteiger partial charge < -0.3 is 10.6 Å². The zero-order valence-corrected chi connectivity index (χ0v) is 15.8. The van der Waals surface area contributed by atoms with Gasteiger partial charge in [0.25, 0.3) is 0 Å². The minimum Gasteiger partial charge on any atom is -0.333 e. The number of urea groups is 1. The predicted molar refractivity (Wildman–Crippen MR) is 103 cm³/mol. The smallest absolute Gasteiger partial charge is 0.333 e. The van der Waals surface area contributed by atoms with Crippen molar-refractivity contribution in [3.8, 4) is 0 Å². The van der Waals surface area contributed by atoms with Gasteiger partial charge in [-0.05, 0) is 68.1 Å². The fourth-order valence-electron chi connectivity index (χ4n) is 4.47. The number of halogens is 3. The number of alkyl halides is 3. The third-order valence-corrected chi connectivity index (χ3v) is 5.88. The number of nitrogens with one attached hydrogen (secondary N) is 2. The van der Waals surface area contributed by atoms with Crippen LogP contribution in [-0.2, 0) is 12.6 Å². The van der Waals surface area contributed by atoms with Crippen LogP contribution in [0.3, 0.4) is 0 Å². The number of anilines is 1. The van der Waals surface area contributed by atoms with E-state index < -0.39 is 17.8 Å².